The third-order valence-electron chi connectivity index (χ3n) is 8.37. The first-order valence-electron chi connectivity index (χ1n) is 13.3. The van der Waals surface area contributed by atoms with Crippen LogP contribution >= 0.6 is 0 Å². The lowest BCUT2D eigenvalue weighted by atomic mass is 9.76. The highest BCUT2D eigenvalue weighted by atomic mass is 16.5. The number of carbonyl (C=O) groups excluding carboxylic acids is 2. The fraction of sp³-hybridized carbons (Fsp3) is 0.433. The van der Waals surface area contributed by atoms with Crippen molar-refractivity contribution in [3.8, 4) is 16.9 Å². The van der Waals surface area contributed by atoms with Gasteiger partial charge >= 0.3 is 5.63 Å². The summed E-state index contributed by atoms with van der Waals surface area (Å²) < 4.78 is 11.1. The van der Waals surface area contributed by atoms with Gasteiger partial charge in [-0.2, -0.15) is 0 Å². The predicted molar refractivity (Wildman–Crippen MR) is 140 cm³/mol. The normalized spacial score (nSPS) is 23.2. The monoisotopic (exact) mass is 500 g/mol. The summed E-state index contributed by atoms with van der Waals surface area (Å²) in [6, 6.07) is 15.3. The standard InChI is InChI=1S/C30H32N2O5/c1-36-26-15-27-24(23(14-30(35)37-27)20-6-3-2-4-7-20)13-21(26)10-11-28(33)31-16-19-12-22(18-31)25-8-5-9-29(34)32(25)17-19/h2-4,6-7,13-15,19,22,25H,5,8-12,16-18H2,1H3/t19-,22-,25+/m1/s1. The Morgan fingerprint density at radius 3 is 2.73 bits per heavy atom. The molecule has 192 valence electrons. The first kappa shape index (κ1) is 23.8. The number of likely N-dealkylation sites (tertiary alicyclic amines) is 1. The number of benzene rings is 2. The van der Waals surface area contributed by atoms with Crippen molar-refractivity contribution in [2.75, 3.05) is 26.7 Å². The number of fused-ring (bicyclic) bond motifs is 5. The van der Waals surface area contributed by atoms with Crippen molar-refractivity contribution >= 4 is 22.8 Å². The van der Waals surface area contributed by atoms with Crippen molar-refractivity contribution in [2.24, 2.45) is 11.8 Å². The maximum atomic E-state index is 13.4. The molecule has 0 saturated carbocycles. The molecule has 0 radical (unpaired) electrons. The second-order valence-electron chi connectivity index (χ2n) is 10.7. The van der Waals surface area contributed by atoms with Gasteiger partial charge in [0.2, 0.25) is 11.8 Å². The van der Waals surface area contributed by atoms with Crippen molar-refractivity contribution in [1.82, 2.24) is 9.80 Å². The number of piperidine rings is 3. The number of hydrogen-bond acceptors (Lipinski definition) is 5. The summed E-state index contributed by atoms with van der Waals surface area (Å²) in [5.41, 5.74) is 2.70. The minimum absolute atomic E-state index is 0.148. The van der Waals surface area contributed by atoms with Crippen LogP contribution in [0.1, 0.15) is 37.7 Å². The second kappa shape index (κ2) is 9.69. The van der Waals surface area contributed by atoms with E-state index < -0.39 is 5.63 Å². The van der Waals surface area contributed by atoms with E-state index in [2.05, 4.69) is 4.90 Å². The largest absolute Gasteiger partial charge is 0.496 e. The lowest BCUT2D eigenvalue weighted by Gasteiger charge is -2.52. The van der Waals surface area contributed by atoms with Crippen LogP contribution in [0.4, 0.5) is 0 Å². The van der Waals surface area contributed by atoms with Crippen molar-refractivity contribution in [2.45, 2.75) is 44.6 Å². The molecule has 0 spiro atoms. The average molecular weight is 501 g/mol. The summed E-state index contributed by atoms with van der Waals surface area (Å²) in [5.74, 6) is 1.80. The first-order valence-corrected chi connectivity index (χ1v) is 13.3. The number of carbonyl (C=O) groups is 2. The van der Waals surface area contributed by atoms with Crippen molar-refractivity contribution in [3.05, 3.63) is 64.5 Å². The summed E-state index contributed by atoms with van der Waals surface area (Å²) in [6.07, 6.45) is 4.71. The van der Waals surface area contributed by atoms with Gasteiger partial charge in [0.25, 0.3) is 0 Å². The molecule has 2 bridgehead atoms. The molecule has 7 heteroatoms. The maximum Gasteiger partial charge on any atom is 0.336 e. The van der Waals surface area contributed by atoms with Crippen LogP contribution in [0.25, 0.3) is 22.1 Å². The number of amides is 2. The smallest absolute Gasteiger partial charge is 0.336 e. The summed E-state index contributed by atoms with van der Waals surface area (Å²) in [6.45, 7) is 2.25. The highest BCUT2D eigenvalue weighted by molar-refractivity contribution is 5.94. The minimum Gasteiger partial charge on any atom is -0.496 e. The zero-order valence-electron chi connectivity index (χ0n) is 21.2. The third-order valence-corrected chi connectivity index (χ3v) is 8.37. The molecular weight excluding hydrogens is 468 g/mol. The number of hydrogen-bond donors (Lipinski definition) is 0. The Bertz CT molecular complexity index is 1400. The van der Waals surface area contributed by atoms with Gasteiger partial charge in [-0.05, 0) is 60.3 Å². The average Bonchev–Trinajstić information content (AvgIpc) is 2.91. The van der Waals surface area contributed by atoms with Gasteiger partial charge in [-0.3, -0.25) is 9.59 Å². The van der Waals surface area contributed by atoms with Crippen LogP contribution in [0.2, 0.25) is 0 Å². The molecule has 2 aromatic carbocycles. The predicted octanol–water partition coefficient (Wildman–Crippen LogP) is 4.26. The molecule has 4 heterocycles. The Morgan fingerprint density at radius 2 is 1.92 bits per heavy atom. The van der Waals surface area contributed by atoms with E-state index in [1.165, 1.54) is 6.07 Å². The van der Waals surface area contributed by atoms with E-state index in [0.717, 1.165) is 61.0 Å². The minimum atomic E-state index is -0.412. The lowest BCUT2D eigenvalue weighted by molar-refractivity contribution is -0.148. The van der Waals surface area contributed by atoms with Gasteiger partial charge in [0.15, 0.2) is 0 Å². The highest BCUT2D eigenvalue weighted by Gasteiger charge is 2.44. The molecule has 7 nitrogen and oxygen atoms in total. The van der Waals surface area contributed by atoms with Gasteiger partial charge in [-0.1, -0.05) is 30.3 Å². The molecule has 0 N–H and O–H groups in total. The van der Waals surface area contributed by atoms with Crippen molar-refractivity contribution in [3.63, 3.8) is 0 Å². The molecule has 2 amide bonds. The maximum absolute atomic E-state index is 13.4. The fourth-order valence-corrected chi connectivity index (χ4v) is 6.69. The Morgan fingerprint density at radius 1 is 1.08 bits per heavy atom. The van der Waals surface area contributed by atoms with Crippen LogP contribution in [-0.4, -0.2) is 54.4 Å². The third kappa shape index (κ3) is 4.52. The zero-order valence-corrected chi connectivity index (χ0v) is 21.2. The molecule has 3 aliphatic heterocycles. The van der Waals surface area contributed by atoms with Gasteiger partial charge < -0.3 is 19.0 Å². The number of nitrogens with zero attached hydrogens (tertiary/aromatic N) is 2. The number of aryl methyl sites for hydroxylation is 1. The van der Waals surface area contributed by atoms with Gasteiger partial charge in [0, 0.05) is 56.0 Å². The van der Waals surface area contributed by atoms with E-state index in [4.69, 9.17) is 9.15 Å². The van der Waals surface area contributed by atoms with E-state index in [0.29, 0.717) is 54.4 Å². The van der Waals surface area contributed by atoms with E-state index >= 15 is 0 Å². The number of ether oxygens (including phenoxy) is 1. The fourth-order valence-electron chi connectivity index (χ4n) is 6.69. The van der Waals surface area contributed by atoms with E-state index in [1.54, 1.807) is 13.2 Å². The van der Waals surface area contributed by atoms with E-state index in [9.17, 15) is 14.4 Å². The summed E-state index contributed by atoms with van der Waals surface area (Å²) in [4.78, 5) is 42.2. The van der Waals surface area contributed by atoms with Gasteiger partial charge in [-0.15, -0.1) is 0 Å². The Labute approximate surface area is 216 Å². The topological polar surface area (TPSA) is 80.1 Å². The Hall–Kier alpha value is -3.61. The van der Waals surface area contributed by atoms with E-state index in [1.807, 2.05) is 41.3 Å². The van der Waals surface area contributed by atoms with Crippen molar-refractivity contribution < 1.29 is 18.7 Å². The SMILES string of the molecule is COc1cc2oc(=O)cc(-c3ccccc3)c2cc1CCC(=O)N1C[C@H]2C[C@H](C1)[C@@H]1CCCC(=O)N1C2. The van der Waals surface area contributed by atoms with Crippen LogP contribution < -0.4 is 10.4 Å². The van der Waals surface area contributed by atoms with Gasteiger partial charge in [-0.25, -0.2) is 4.79 Å². The summed E-state index contributed by atoms with van der Waals surface area (Å²) in [7, 11) is 1.59. The van der Waals surface area contributed by atoms with Crippen LogP contribution in [0.3, 0.4) is 0 Å². The first-order chi connectivity index (χ1) is 18.0. The van der Waals surface area contributed by atoms with Crippen LogP contribution in [0, 0.1) is 11.8 Å². The lowest BCUT2D eigenvalue weighted by Crippen LogP contribution is -2.61. The summed E-state index contributed by atoms with van der Waals surface area (Å²) in [5, 5.41) is 0.823. The van der Waals surface area contributed by atoms with Crippen LogP contribution in [0.5, 0.6) is 5.75 Å². The molecule has 3 fully saturated rings. The molecular formula is C30H32N2O5. The van der Waals surface area contributed by atoms with Crippen LogP contribution in [0.15, 0.2) is 57.7 Å². The molecule has 6 rings (SSSR count). The molecule has 37 heavy (non-hydrogen) atoms. The Kier molecular flexibility index (Phi) is 6.22. The van der Waals surface area contributed by atoms with E-state index in [-0.39, 0.29) is 5.91 Å². The Balaban J connectivity index is 1.22. The molecule has 3 aliphatic rings. The number of rotatable bonds is 5. The molecule has 0 aliphatic carbocycles. The molecule has 3 atom stereocenters. The zero-order chi connectivity index (χ0) is 25.5. The van der Waals surface area contributed by atoms with Crippen LogP contribution in [-0.2, 0) is 16.0 Å². The molecule has 1 aromatic heterocycles. The van der Waals surface area contributed by atoms with Gasteiger partial charge in [0.1, 0.15) is 11.3 Å². The quantitative estimate of drug-likeness (QED) is 0.489. The summed E-state index contributed by atoms with van der Waals surface area (Å²) >= 11 is 0. The molecule has 3 saturated heterocycles. The number of methoxy groups -OCH3 is 1. The molecule has 0 unspecified atom stereocenters. The second-order valence-corrected chi connectivity index (χ2v) is 10.7. The highest BCUT2D eigenvalue weighted by Crippen LogP contribution is 2.38. The van der Waals surface area contributed by atoms with Crippen molar-refractivity contribution in [1.29, 1.82) is 0 Å². The molecule has 3 aromatic rings. The van der Waals surface area contributed by atoms with Gasteiger partial charge in [0.05, 0.1) is 7.11 Å².